The second-order valence-corrected chi connectivity index (χ2v) is 6.03. The van der Waals surface area contributed by atoms with Crippen molar-refractivity contribution in [1.29, 1.82) is 0 Å². The minimum Gasteiger partial charge on any atom is -0.322 e. The Morgan fingerprint density at radius 3 is 2.62 bits per heavy atom. The summed E-state index contributed by atoms with van der Waals surface area (Å²) in [5.74, 6) is -1.17. The van der Waals surface area contributed by atoms with Crippen molar-refractivity contribution in [3.8, 4) is 0 Å². The number of carbonyl (C=O) groups excluding carboxylic acids is 1. The molecule has 0 radical (unpaired) electrons. The Bertz CT molecular complexity index is 519. The van der Waals surface area contributed by atoms with Crippen LogP contribution in [0.2, 0.25) is 0 Å². The van der Waals surface area contributed by atoms with E-state index >= 15 is 0 Å². The van der Waals surface area contributed by atoms with E-state index in [1.54, 1.807) is 11.8 Å². The molecule has 2 atom stereocenters. The zero-order valence-electron chi connectivity index (χ0n) is 12.7. The first-order chi connectivity index (χ1) is 9.90. The quantitative estimate of drug-likeness (QED) is 0.905. The average Bonchev–Trinajstić information content (AvgIpc) is 2.70. The van der Waals surface area contributed by atoms with Gasteiger partial charge < -0.3 is 4.90 Å². The SMILES string of the molecule is CC(C)CCCN1C(=O)C(C)NC1c1ccc(F)c(F)c1. The Labute approximate surface area is 124 Å². The standard InChI is InChI=1S/C16H22F2N2O/c1-10(2)5-4-8-20-15(19-11(3)16(20)21)12-6-7-13(17)14(18)9-12/h6-7,9-11,15,19H,4-5,8H2,1-3H3. The number of hydrogen-bond acceptors (Lipinski definition) is 2. The monoisotopic (exact) mass is 296 g/mol. The van der Waals surface area contributed by atoms with E-state index < -0.39 is 11.6 Å². The van der Waals surface area contributed by atoms with Crippen molar-refractivity contribution < 1.29 is 13.6 Å². The number of rotatable bonds is 5. The van der Waals surface area contributed by atoms with Gasteiger partial charge in [0.1, 0.15) is 6.17 Å². The van der Waals surface area contributed by atoms with Gasteiger partial charge in [-0.3, -0.25) is 10.1 Å². The molecule has 116 valence electrons. The van der Waals surface area contributed by atoms with Crippen molar-refractivity contribution >= 4 is 5.91 Å². The maximum atomic E-state index is 13.4. The molecule has 0 spiro atoms. The second kappa shape index (κ2) is 6.52. The molecule has 3 nitrogen and oxygen atoms in total. The Kier molecular flexibility index (Phi) is 4.93. The normalized spacial score (nSPS) is 22.4. The molecule has 21 heavy (non-hydrogen) atoms. The van der Waals surface area contributed by atoms with Crippen molar-refractivity contribution in [2.45, 2.75) is 45.8 Å². The van der Waals surface area contributed by atoms with Crippen LogP contribution in [0.3, 0.4) is 0 Å². The summed E-state index contributed by atoms with van der Waals surface area (Å²) in [6.07, 6.45) is 1.55. The molecule has 1 aliphatic heterocycles. The molecule has 1 aromatic carbocycles. The van der Waals surface area contributed by atoms with E-state index in [-0.39, 0.29) is 18.1 Å². The lowest BCUT2D eigenvalue weighted by atomic mass is 10.1. The van der Waals surface area contributed by atoms with E-state index in [9.17, 15) is 13.6 Å². The smallest absolute Gasteiger partial charge is 0.241 e. The molecule has 0 aliphatic carbocycles. The fourth-order valence-electron chi connectivity index (χ4n) is 2.64. The van der Waals surface area contributed by atoms with E-state index in [4.69, 9.17) is 0 Å². The first-order valence-electron chi connectivity index (χ1n) is 7.41. The zero-order valence-corrected chi connectivity index (χ0v) is 12.7. The Morgan fingerprint density at radius 2 is 2.00 bits per heavy atom. The van der Waals surface area contributed by atoms with Crippen molar-refractivity contribution in [2.75, 3.05) is 6.54 Å². The van der Waals surface area contributed by atoms with Crippen LogP contribution in [0.5, 0.6) is 0 Å². The van der Waals surface area contributed by atoms with Gasteiger partial charge in [0.15, 0.2) is 11.6 Å². The topological polar surface area (TPSA) is 32.3 Å². The van der Waals surface area contributed by atoms with Crippen LogP contribution < -0.4 is 5.32 Å². The summed E-state index contributed by atoms with van der Waals surface area (Å²) in [4.78, 5) is 13.9. The summed E-state index contributed by atoms with van der Waals surface area (Å²) < 4.78 is 26.5. The lowest BCUT2D eigenvalue weighted by molar-refractivity contribution is -0.129. The van der Waals surface area contributed by atoms with Gasteiger partial charge in [0.2, 0.25) is 5.91 Å². The van der Waals surface area contributed by atoms with Crippen LogP contribution in [-0.2, 0) is 4.79 Å². The predicted molar refractivity (Wildman–Crippen MR) is 77.5 cm³/mol. The number of halogens is 2. The van der Waals surface area contributed by atoms with Crippen molar-refractivity contribution in [3.63, 3.8) is 0 Å². The molecule has 0 saturated carbocycles. The van der Waals surface area contributed by atoms with Gasteiger partial charge in [0, 0.05) is 6.54 Å². The minimum atomic E-state index is -0.886. The summed E-state index contributed by atoms with van der Waals surface area (Å²) >= 11 is 0. The van der Waals surface area contributed by atoms with Crippen molar-refractivity contribution in [1.82, 2.24) is 10.2 Å². The van der Waals surface area contributed by atoms with Crippen LogP contribution in [0.25, 0.3) is 0 Å². The molecule has 2 rings (SSSR count). The maximum Gasteiger partial charge on any atom is 0.241 e. The minimum absolute atomic E-state index is 0.00786. The van der Waals surface area contributed by atoms with Crippen LogP contribution in [0.4, 0.5) is 8.78 Å². The molecule has 1 N–H and O–H groups in total. The molecule has 1 amide bonds. The molecule has 5 heteroatoms. The average molecular weight is 296 g/mol. The van der Waals surface area contributed by atoms with E-state index in [1.807, 2.05) is 0 Å². The highest BCUT2D eigenvalue weighted by Crippen LogP contribution is 2.27. The number of amides is 1. The third kappa shape index (κ3) is 3.59. The number of carbonyl (C=O) groups is 1. The summed E-state index contributed by atoms with van der Waals surface area (Å²) in [6.45, 7) is 6.69. The predicted octanol–water partition coefficient (Wildman–Crippen LogP) is 3.22. The maximum absolute atomic E-state index is 13.4. The van der Waals surface area contributed by atoms with Gasteiger partial charge in [-0.05, 0) is 43.4 Å². The Hall–Kier alpha value is -1.49. The van der Waals surface area contributed by atoms with Crippen LogP contribution in [-0.4, -0.2) is 23.4 Å². The van der Waals surface area contributed by atoms with Gasteiger partial charge in [-0.2, -0.15) is 0 Å². The molecule has 2 unspecified atom stereocenters. The van der Waals surface area contributed by atoms with Gasteiger partial charge in [-0.25, -0.2) is 8.78 Å². The van der Waals surface area contributed by atoms with E-state index in [2.05, 4.69) is 19.2 Å². The van der Waals surface area contributed by atoms with E-state index in [0.29, 0.717) is 18.0 Å². The molecular formula is C16H22F2N2O. The highest BCUT2D eigenvalue weighted by Gasteiger charge is 2.36. The molecule has 1 aromatic rings. The fraction of sp³-hybridized carbons (Fsp3) is 0.562. The Morgan fingerprint density at radius 1 is 1.29 bits per heavy atom. The summed E-state index contributed by atoms with van der Waals surface area (Å²) in [5, 5.41) is 3.14. The van der Waals surface area contributed by atoms with Crippen LogP contribution in [0.15, 0.2) is 18.2 Å². The number of benzene rings is 1. The van der Waals surface area contributed by atoms with Gasteiger partial charge in [0.25, 0.3) is 0 Å². The molecule has 1 heterocycles. The first-order valence-corrected chi connectivity index (χ1v) is 7.41. The second-order valence-electron chi connectivity index (χ2n) is 6.03. The van der Waals surface area contributed by atoms with Crippen LogP contribution >= 0.6 is 0 Å². The molecular weight excluding hydrogens is 274 g/mol. The molecule has 1 aliphatic rings. The highest BCUT2D eigenvalue weighted by atomic mass is 19.2. The van der Waals surface area contributed by atoms with Gasteiger partial charge >= 0.3 is 0 Å². The molecule has 0 aromatic heterocycles. The number of nitrogens with one attached hydrogen (secondary N) is 1. The van der Waals surface area contributed by atoms with Gasteiger partial charge in [0.05, 0.1) is 6.04 Å². The van der Waals surface area contributed by atoms with Gasteiger partial charge in [-0.15, -0.1) is 0 Å². The largest absolute Gasteiger partial charge is 0.322 e. The zero-order chi connectivity index (χ0) is 15.6. The van der Waals surface area contributed by atoms with Crippen molar-refractivity contribution in [2.24, 2.45) is 5.92 Å². The molecule has 0 bridgehead atoms. The van der Waals surface area contributed by atoms with Crippen molar-refractivity contribution in [3.05, 3.63) is 35.4 Å². The highest BCUT2D eigenvalue weighted by molar-refractivity contribution is 5.84. The number of hydrogen-bond donors (Lipinski definition) is 1. The lowest BCUT2D eigenvalue weighted by Gasteiger charge is -2.25. The summed E-state index contributed by atoms with van der Waals surface area (Å²) in [5.41, 5.74) is 0.580. The van der Waals surface area contributed by atoms with E-state index in [0.717, 1.165) is 25.0 Å². The third-order valence-corrected chi connectivity index (χ3v) is 3.81. The third-order valence-electron chi connectivity index (χ3n) is 3.81. The first kappa shape index (κ1) is 15.9. The molecule has 1 saturated heterocycles. The fourth-order valence-corrected chi connectivity index (χ4v) is 2.64. The van der Waals surface area contributed by atoms with Crippen LogP contribution in [0, 0.1) is 17.6 Å². The summed E-state index contributed by atoms with van der Waals surface area (Å²) in [7, 11) is 0. The van der Waals surface area contributed by atoms with Crippen LogP contribution in [0.1, 0.15) is 45.3 Å². The Balaban J connectivity index is 2.15. The van der Waals surface area contributed by atoms with Gasteiger partial charge in [-0.1, -0.05) is 19.9 Å². The number of nitrogens with zero attached hydrogens (tertiary/aromatic N) is 1. The molecule has 1 fully saturated rings. The van der Waals surface area contributed by atoms with E-state index in [1.165, 1.54) is 6.07 Å². The lowest BCUT2D eigenvalue weighted by Crippen LogP contribution is -2.31. The summed E-state index contributed by atoms with van der Waals surface area (Å²) in [6, 6.07) is 3.48.